The molecule has 1 saturated heterocycles. The van der Waals surface area contributed by atoms with Gasteiger partial charge in [0.25, 0.3) is 0 Å². The summed E-state index contributed by atoms with van der Waals surface area (Å²) < 4.78 is 5.93. The first kappa shape index (κ1) is 50.7. The number of aliphatic hydroxyl groups excluding tert-OH is 2. The zero-order chi connectivity index (χ0) is 45.9. The lowest BCUT2D eigenvalue weighted by Gasteiger charge is -2.40. The van der Waals surface area contributed by atoms with Gasteiger partial charge in [-0.1, -0.05) is 97.4 Å². The van der Waals surface area contributed by atoms with E-state index in [-0.39, 0.29) is 47.3 Å². The van der Waals surface area contributed by atoms with Gasteiger partial charge < -0.3 is 35.4 Å². The number of aliphatic hydroxyl groups is 2. The minimum absolute atomic E-state index is 0.000395. The van der Waals surface area contributed by atoms with Crippen LogP contribution < -0.4 is 10.6 Å². The van der Waals surface area contributed by atoms with Crippen LogP contribution in [0.4, 0.5) is 0 Å². The van der Waals surface area contributed by atoms with E-state index in [1.54, 1.807) is 57.3 Å². The number of amides is 4. The summed E-state index contributed by atoms with van der Waals surface area (Å²) in [5, 5.41) is 29.2. The number of rotatable bonds is 21. The number of Topliss-reactive ketones (excluding diaryl/α,β-unsaturated/α-hetero) is 1. The molecule has 1 fully saturated rings. The minimum atomic E-state index is -1.25. The SMILES string of the molecule is CC[C@H](C)[C@@H]([C@H](O)CC(=O)N1CCC[C@H]1[C@H](O)[C@@H](C)C(=O)N[C@H](C)C(OC(=O)c1ccc(C(C)=O)cc1)c1ccccc1)N(C)C(=O)[C@@H](NC(=O)[C@H](C(C)C)N(C)C)C(C)C. The van der Waals surface area contributed by atoms with E-state index in [9.17, 15) is 39.0 Å². The fourth-order valence-electron chi connectivity index (χ4n) is 8.43. The number of ether oxygens (including phenoxy) is 1. The number of ketones is 1. The summed E-state index contributed by atoms with van der Waals surface area (Å²) in [6.45, 7) is 16.5. The van der Waals surface area contributed by atoms with E-state index >= 15 is 0 Å². The monoisotopic (exact) mass is 850 g/mol. The van der Waals surface area contributed by atoms with E-state index in [0.717, 1.165) is 0 Å². The number of carbonyl (C=O) groups excluding carboxylic acids is 6. The van der Waals surface area contributed by atoms with Crippen LogP contribution in [0.15, 0.2) is 54.6 Å². The largest absolute Gasteiger partial charge is 0.452 e. The number of hydrogen-bond donors (Lipinski definition) is 4. The molecule has 338 valence electrons. The molecule has 0 aromatic heterocycles. The van der Waals surface area contributed by atoms with Gasteiger partial charge >= 0.3 is 5.97 Å². The van der Waals surface area contributed by atoms with Crippen molar-refractivity contribution < 1.29 is 43.7 Å². The van der Waals surface area contributed by atoms with Crippen molar-refractivity contribution in [2.45, 2.75) is 137 Å². The maximum absolute atomic E-state index is 14.1. The second kappa shape index (κ2) is 23.0. The number of nitrogens with zero attached hydrogens (tertiary/aromatic N) is 3. The lowest BCUT2D eigenvalue weighted by molar-refractivity contribution is -0.146. The molecule has 61 heavy (non-hydrogen) atoms. The molecule has 0 radical (unpaired) electrons. The van der Waals surface area contributed by atoms with E-state index in [4.69, 9.17) is 4.74 Å². The Kier molecular flexibility index (Phi) is 19.1. The van der Waals surface area contributed by atoms with Crippen molar-refractivity contribution in [2.24, 2.45) is 23.7 Å². The predicted molar refractivity (Wildman–Crippen MR) is 234 cm³/mol. The van der Waals surface area contributed by atoms with Crippen LogP contribution >= 0.6 is 0 Å². The van der Waals surface area contributed by atoms with Gasteiger partial charge in [0.15, 0.2) is 5.78 Å². The van der Waals surface area contributed by atoms with Crippen LogP contribution in [-0.4, -0.2) is 130 Å². The van der Waals surface area contributed by atoms with E-state index < -0.39 is 72.2 Å². The molecule has 0 aliphatic carbocycles. The lowest BCUT2D eigenvalue weighted by atomic mass is 9.89. The Morgan fingerprint density at radius 1 is 0.820 bits per heavy atom. The van der Waals surface area contributed by atoms with Gasteiger partial charge in [-0.05, 0) is 76.2 Å². The predicted octanol–water partition coefficient (Wildman–Crippen LogP) is 4.63. The first-order valence-electron chi connectivity index (χ1n) is 21.7. The third-order valence-electron chi connectivity index (χ3n) is 12.1. The molecule has 1 unspecified atom stereocenters. The number of likely N-dealkylation sites (tertiary alicyclic amines) is 1. The molecule has 3 rings (SSSR count). The second-order valence-corrected chi connectivity index (χ2v) is 17.7. The van der Waals surface area contributed by atoms with Crippen LogP contribution in [0.1, 0.15) is 120 Å². The summed E-state index contributed by atoms with van der Waals surface area (Å²) in [6, 6.07) is 11.6. The third-order valence-corrected chi connectivity index (χ3v) is 12.1. The van der Waals surface area contributed by atoms with Crippen molar-refractivity contribution >= 4 is 35.4 Å². The summed E-state index contributed by atoms with van der Waals surface area (Å²) in [5.74, 6) is -3.75. The Hall–Kier alpha value is -4.66. The van der Waals surface area contributed by atoms with E-state index in [1.165, 1.54) is 28.9 Å². The molecule has 4 amide bonds. The molecule has 0 bridgehead atoms. The highest BCUT2D eigenvalue weighted by molar-refractivity contribution is 5.96. The Morgan fingerprint density at radius 2 is 1.41 bits per heavy atom. The summed E-state index contributed by atoms with van der Waals surface area (Å²) in [6.07, 6.45) is -2.09. The molecule has 1 aliphatic heterocycles. The maximum Gasteiger partial charge on any atom is 0.338 e. The Balaban J connectivity index is 1.74. The highest BCUT2D eigenvalue weighted by Crippen LogP contribution is 2.29. The number of likely N-dealkylation sites (N-methyl/N-ethyl adjacent to an activating group) is 2. The zero-order valence-corrected chi connectivity index (χ0v) is 38.3. The average molecular weight is 850 g/mol. The zero-order valence-electron chi connectivity index (χ0n) is 38.3. The van der Waals surface area contributed by atoms with Crippen LogP contribution in [0.5, 0.6) is 0 Å². The van der Waals surface area contributed by atoms with Gasteiger partial charge in [0.2, 0.25) is 23.6 Å². The Labute approximate surface area is 362 Å². The first-order chi connectivity index (χ1) is 28.6. The molecule has 1 heterocycles. The Bertz CT molecular complexity index is 1780. The lowest BCUT2D eigenvalue weighted by Crippen LogP contribution is -2.59. The molecule has 10 atom stereocenters. The smallest absolute Gasteiger partial charge is 0.338 e. The fourth-order valence-corrected chi connectivity index (χ4v) is 8.43. The summed E-state index contributed by atoms with van der Waals surface area (Å²) >= 11 is 0. The maximum atomic E-state index is 14.1. The van der Waals surface area contributed by atoms with Gasteiger partial charge in [-0.15, -0.1) is 0 Å². The van der Waals surface area contributed by atoms with Crippen molar-refractivity contribution in [3.8, 4) is 0 Å². The average Bonchev–Trinajstić information content (AvgIpc) is 3.71. The van der Waals surface area contributed by atoms with Gasteiger partial charge in [-0.3, -0.25) is 28.9 Å². The van der Waals surface area contributed by atoms with Gasteiger partial charge in [0.05, 0.1) is 54.3 Å². The van der Waals surface area contributed by atoms with Gasteiger partial charge in [-0.25, -0.2) is 4.79 Å². The number of benzene rings is 2. The van der Waals surface area contributed by atoms with Crippen molar-refractivity contribution in [1.82, 2.24) is 25.3 Å². The standard InChI is InChI=1S/C47H71N5O9/c1-13-29(6)41(51(12)46(59)39(27(2)3)49-45(58)40(28(4)5)50(10)11)37(54)26-38(55)52-25-17-20-36(52)42(56)30(7)44(57)48-31(8)43(34-18-15-14-16-19-34)61-47(60)35-23-21-33(22-24-35)32(9)53/h14-16,18-19,21-24,27-31,36-37,39-43,54,56H,13,17,20,25-26H2,1-12H3,(H,48,57)(H,49,58)/t29-,30+,31+,36-,37+,39-,40-,41-,42+,43?/m0/s1. The van der Waals surface area contributed by atoms with Gasteiger partial charge in [0.1, 0.15) is 12.1 Å². The van der Waals surface area contributed by atoms with E-state index in [1.807, 2.05) is 66.6 Å². The van der Waals surface area contributed by atoms with Crippen molar-refractivity contribution in [2.75, 3.05) is 27.7 Å². The molecule has 1 aliphatic rings. The van der Waals surface area contributed by atoms with Crippen molar-refractivity contribution in [1.29, 1.82) is 0 Å². The van der Waals surface area contributed by atoms with Crippen LogP contribution in [-0.2, 0) is 23.9 Å². The van der Waals surface area contributed by atoms with Crippen LogP contribution in [0.25, 0.3) is 0 Å². The molecule has 14 heteroatoms. The molecule has 2 aromatic carbocycles. The number of carbonyl (C=O) groups is 6. The summed E-state index contributed by atoms with van der Waals surface area (Å²) in [5.41, 5.74) is 1.33. The second-order valence-electron chi connectivity index (χ2n) is 17.7. The molecule has 4 N–H and O–H groups in total. The molecular formula is C47H71N5O9. The first-order valence-corrected chi connectivity index (χ1v) is 21.7. The molecule has 2 aromatic rings. The molecule has 0 spiro atoms. The minimum Gasteiger partial charge on any atom is -0.452 e. The number of esters is 1. The number of nitrogens with one attached hydrogen (secondary N) is 2. The molecular weight excluding hydrogens is 779 g/mol. The van der Waals surface area contributed by atoms with Gasteiger partial charge in [-0.2, -0.15) is 0 Å². The quantitative estimate of drug-likeness (QED) is 0.102. The van der Waals surface area contributed by atoms with Crippen LogP contribution in [0, 0.1) is 23.7 Å². The topological polar surface area (TPSA) is 186 Å². The molecule has 0 saturated carbocycles. The number of hydrogen-bond acceptors (Lipinski definition) is 10. The van der Waals surface area contributed by atoms with Crippen LogP contribution in [0.2, 0.25) is 0 Å². The summed E-state index contributed by atoms with van der Waals surface area (Å²) in [7, 11) is 5.23. The normalized spacial score (nSPS) is 18.6. The van der Waals surface area contributed by atoms with Crippen molar-refractivity contribution in [3.05, 3.63) is 71.3 Å². The fraction of sp³-hybridized carbons (Fsp3) is 0.617. The Morgan fingerprint density at radius 3 is 1.93 bits per heavy atom. The highest BCUT2D eigenvalue weighted by Gasteiger charge is 2.42. The highest BCUT2D eigenvalue weighted by atomic mass is 16.5. The summed E-state index contributed by atoms with van der Waals surface area (Å²) in [4.78, 5) is 85.0. The van der Waals surface area contributed by atoms with E-state index in [2.05, 4.69) is 10.6 Å². The van der Waals surface area contributed by atoms with E-state index in [0.29, 0.717) is 36.9 Å². The molecule has 14 nitrogen and oxygen atoms in total. The third kappa shape index (κ3) is 13.2. The van der Waals surface area contributed by atoms with Gasteiger partial charge in [0, 0.05) is 19.2 Å². The van der Waals surface area contributed by atoms with Crippen LogP contribution in [0.3, 0.4) is 0 Å². The van der Waals surface area contributed by atoms with Crippen molar-refractivity contribution in [3.63, 3.8) is 0 Å².